The van der Waals surface area contributed by atoms with Crippen LogP contribution in [0.5, 0.6) is 0 Å². The second-order valence-electron chi connectivity index (χ2n) is 3.73. The number of thiazole rings is 1. The van der Waals surface area contributed by atoms with Gasteiger partial charge in [0.15, 0.2) is 0 Å². The lowest BCUT2D eigenvalue weighted by molar-refractivity contribution is 0.0954. The molecule has 0 saturated carbocycles. The fraction of sp³-hybridized carbons (Fsp3) is 0.231. The number of aryl methyl sites for hydroxylation is 1. The van der Waals surface area contributed by atoms with E-state index in [0.717, 1.165) is 16.3 Å². The molecule has 2 heterocycles. The number of aromatic nitrogens is 1. The molecular weight excluding hydrogens is 278 g/mol. The van der Waals surface area contributed by atoms with Crippen LogP contribution in [-0.2, 0) is 6.54 Å². The van der Waals surface area contributed by atoms with E-state index in [1.165, 1.54) is 22.7 Å². The van der Waals surface area contributed by atoms with Crippen LogP contribution in [0.4, 0.5) is 0 Å². The molecule has 0 aliphatic rings. The summed E-state index contributed by atoms with van der Waals surface area (Å²) in [6.07, 6.45) is 0. The van der Waals surface area contributed by atoms with Crippen LogP contribution < -0.4 is 11.1 Å². The third-order valence-electron chi connectivity index (χ3n) is 2.26. The zero-order valence-electron chi connectivity index (χ0n) is 10.4. The second-order valence-corrected chi connectivity index (χ2v) is 5.59. The summed E-state index contributed by atoms with van der Waals surface area (Å²) in [6.45, 7) is 2.66. The van der Waals surface area contributed by atoms with E-state index < -0.39 is 0 Å². The molecule has 4 nitrogen and oxygen atoms in total. The molecule has 0 aliphatic carbocycles. The number of carbonyl (C=O) groups is 1. The first-order chi connectivity index (χ1) is 9.20. The van der Waals surface area contributed by atoms with Gasteiger partial charge < -0.3 is 11.1 Å². The number of thiophene rings is 1. The number of nitrogens with zero attached hydrogens (tertiary/aromatic N) is 1. The molecule has 0 radical (unpaired) electrons. The van der Waals surface area contributed by atoms with Gasteiger partial charge in [-0.2, -0.15) is 0 Å². The largest absolute Gasteiger partial charge is 0.345 e. The van der Waals surface area contributed by atoms with E-state index in [-0.39, 0.29) is 12.5 Å². The van der Waals surface area contributed by atoms with E-state index in [0.29, 0.717) is 11.4 Å². The van der Waals surface area contributed by atoms with Crippen molar-refractivity contribution in [1.82, 2.24) is 10.3 Å². The van der Waals surface area contributed by atoms with Gasteiger partial charge in [-0.05, 0) is 18.4 Å². The van der Waals surface area contributed by atoms with Crippen LogP contribution in [0.2, 0.25) is 0 Å². The molecule has 3 N–H and O–H groups in total. The van der Waals surface area contributed by atoms with E-state index in [2.05, 4.69) is 22.1 Å². The minimum Gasteiger partial charge on any atom is -0.345 e. The molecular formula is C13H13N3OS2. The molecule has 98 valence electrons. The Labute approximate surface area is 119 Å². The van der Waals surface area contributed by atoms with Gasteiger partial charge in [-0.3, -0.25) is 4.79 Å². The molecule has 2 aromatic heterocycles. The van der Waals surface area contributed by atoms with E-state index in [4.69, 9.17) is 5.73 Å². The zero-order valence-corrected chi connectivity index (χ0v) is 12.0. The third-order valence-corrected chi connectivity index (χ3v) is 4.14. The first kappa shape index (κ1) is 13.7. The lowest BCUT2D eigenvalue weighted by atomic mass is 10.2. The molecule has 0 spiro atoms. The van der Waals surface area contributed by atoms with E-state index in [9.17, 15) is 4.79 Å². The standard InChI is InChI=1S/C13H13N3OS2/c1-9-8-19-11(16-9)7-15-13(17)12-10(3-2-5-14)4-6-18-12/h4,6,8H,5,7,14H2,1H3,(H,15,17). The first-order valence-corrected chi connectivity index (χ1v) is 7.42. The Balaban J connectivity index is 2.02. The summed E-state index contributed by atoms with van der Waals surface area (Å²) in [5, 5.41) is 7.57. The highest BCUT2D eigenvalue weighted by Gasteiger charge is 2.12. The average molecular weight is 291 g/mol. The van der Waals surface area contributed by atoms with Gasteiger partial charge in [-0.1, -0.05) is 11.8 Å². The van der Waals surface area contributed by atoms with E-state index >= 15 is 0 Å². The molecule has 0 aromatic carbocycles. The molecule has 0 unspecified atom stereocenters. The molecule has 2 rings (SSSR count). The Morgan fingerprint density at radius 2 is 2.37 bits per heavy atom. The maximum Gasteiger partial charge on any atom is 0.262 e. The minimum absolute atomic E-state index is 0.121. The van der Waals surface area contributed by atoms with Crippen LogP contribution in [0.25, 0.3) is 0 Å². The molecule has 1 amide bonds. The third kappa shape index (κ3) is 3.64. The quantitative estimate of drug-likeness (QED) is 0.847. The van der Waals surface area contributed by atoms with Crippen molar-refractivity contribution in [1.29, 1.82) is 0 Å². The fourth-order valence-electron chi connectivity index (χ4n) is 1.45. The highest BCUT2D eigenvalue weighted by molar-refractivity contribution is 7.12. The van der Waals surface area contributed by atoms with Gasteiger partial charge in [-0.25, -0.2) is 4.98 Å². The van der Waals surface area contributed by atoms with Gasteiger partial charge in [-0.15, -0.1) is 22.7 Å². The summed E-state index contributed by atoms with van der Waals surface area (Å²) in [4.78, 5) is 17.0. The number of hydrogen-bond donors (Lipinski definition) is 2. The van der Waals surface area contributed by atoms with Crippen LogP contribution in [-0.4, -0.2) is 17.4 Å². The van der Waals surface area contributed by atoms with Crippen molar-refractivity contribution in [3.63, 3.8) is 0 Å². The normalized spacial score (nSPS) is 9.79. The van der Waals surface area contributed by atoms with Gasteiger partial charge in [0.2, 0.25) is 0 Å². The molecule has 2 aromatic rings. The average Bonchev–Trinajstić information content (AvgIpc) is 3.02. The summed E-state index contributed by atoms with van der Waals surface area (Å²) in [6, 6.07) is 1.83. The Hall–Kier alpha value is -1.68. The van der Waals surface area contributed by atoms with Crippen LogP contribution >= 0.6 is 22.7 Å². The maximum absolute atomic E-state index is 12.0. The summed E-state index contributed by atoms with van der Waals surface area (Å²) >= 11 is 2.92. The highest BCUT2D eigenvalue weighted by Crippen LogP contribution is 2.16. The molecule has 0 atom stereocenters. The van der Waals surface area contributed by atoms with Crippen molar-refractivity contribution in [2.45, 2.75) is 13.5 Å². The number of nitrogens with one attached hydrogen (secondary N) is 1. The molecule has 6 heteroatoms. The van der Waals surface area contributed by atoms with Gasteiger partial charge in [0.05, 0.1) is 13.1 Å². The summed E-state index contributed by atoms with van der Waals surface area (Å²) in [7, 11) is 0. The van der Waals surface area contributed by atoms with Gasteiger partial charge in [0, 0.05) is 16.6 Å². The predicted molar refractivity (Wildman–Crippen MR) is 78.3 cm³/mol. The van der Waals surface area contributed by atoms with Gasteiger partial charge in [0.1, 0.15) is 9.88 Å². The topological polar surface area (TPSA) is 68.0 Å². The minimum atomic E-state index is -0.121. The number of rotatable bonds is 3. The lowest BCUT2D eigenvalue weighted by Gasteiger charge is -2.01. The van der Waals surface area contributed by atoms with Crippen molar-refractivity contribution in [3.8, 4) is 11.8 Å². The summed E-state index contributed by atoms with van der Waals surface area (Å²) < 4.78 is 0. The predicted octanol–water partition coefficient (Wildman–Crippen LogP) is 1.75. The van der Waals surface area contributed by atoms with Crippen molar-refractivity contribution in [3.05, 3.63) is 38.0 Å². The van der Waals surface area contributed by atoms with Crippen LogP contribution in [0.15, 0.2) is 16.8 Å². The SMILES string of the molecule is Cc1csc(CNC(=O)c2sccc2C#CCN)n1. The molecule has 0 aliphatic heterocycles. The second kappa shape index (κ2) is 6.48. The van der Waals surface area contributed by atoms with Crippen LogP contribution in [0.1, 0.15) is 25.9 Å². The maximum atomic E-state index is 12.0. The van der Waals surface area contributed by atoms with Gasteiger partial charge in [0.25, 0.3) is 5.91 Å². The van der Waals surface area contributed by atoms with E-state index in [1.54, 1.807) is 0 Å². The lowest BCUT2D eigenvalue weighted by Crippen LogP contribution is -2.22. The number of hydrogen-bond acceptors (Lipinski definition) is 5. The van der Waals surface area contributed by atoms with E-state index in [1.807, 2.05) is 23.8 Å². The smallest absolute Gasteiger partial charge is 0.262 e. The number of nitrogens with two attached hydrogens (primary N) is 1. The Kier molecular flexibility index (Phi) is 4.68. The Bertz CT molecular complexity index is 634. The molecule has 0 bridgehead atoms. The monoisotopic (exact) mass is 291 g/mol. The summed E-state index contributed by atoms with van der Waals surface area (Å²) in [5.41, 5.74) is 7.03. The van der Waals surface area contributed by atoms with Crippen molar-refractivity contribution in [2.75, 3.05) is 6.54 Å². The Morgan fingerprint density at radius 1 is 1.53 bits per heavy atom. The van der Waals surface area contributed by atoms with Crippen molar-refractivity contribution < 1.29 is 4.79 Å². The molecule has 0 fully saturated rings. The number of amides is 1. The van der Waals surface area contributed by atoms with Crippen LogP contribution in [0, 0.1) is 18.8 Å². The highest BCUT2D eigenvalue weighted by atomic mass is 32.1. The van der Waals surface area contributed by atoms with Crippen LogP contribution in [0.3, 0.4) is 0 Å². The fourth-order valence-corrected chi connectivity index (χ4v) is 2.93. The molecule has 19 heavy (non-hydrogen) atoms. The van der Waals surface area contributed by atoms with Gasteiger partial charge >= 0.3 is 0 Å². The van der Waals surface area contributed by atoms with Crippen molar-refractivity contribution in [2.24, 2.45) is 5.73 Å². The number of carbonyl (C=O) groups excluding carboxylic acids is 1. The Morgan fingerprint density at radius 3 is 3.05 bits per heavy atom. The summed E-state index contributed by atoms with van der Waals surface area (Å²) in [5.74, 6) is 5.53. The zero-order chi connectivity index (χ0) is 13.7. The molecule has 0 saturated heterocycles. The first-order valence-electron chi connectivity index (χ1n) is 5.66. The van der Waals surface area contributed by atoms with Crippen molar-refractivity contribution >= 4 is 28.6 Å².